The van der Waals surface area contributed by atoms with Gasteiger partial charge in [-0.05, 0) is 35.0 Å². The van der Waals surface area contributed by atoms with Gasteiger partial charge in [0.1, 0.15) is 0 Å². The minimum Gasteiger partial charge on any atom is -0.235 e. The molecule has 114 valence electrons. The third-order valence-electron chi connectivity index (χ3n) is 4.18. The second-order valence-electron chi connectivity index (χ2n) is 5.71. The number of hydrogen-bond donors (Lipinski definition) is 0. The SMILES string of the molecule is Brc1ccc2cc(-c3ncc4sc5ccccc5c4n3)ccc2c1. The van der Waals surface area contributed by atoms with Crippen LogP contribution in [0.2, 0.25) is 0 Å². The maximum Gasteiger partial charge on any atom is 0.159 e. The summed E-state index contributed by atoms with van der Waals surface area (Å²) in [6.07, 6.45) is 1.94. The average molecular weight is 391 g/mol. The fourth-order valence-electron chi connectivity index (χ4n) is 3.00. The van der Waals surface area contributed by atoms with Crippen LogP contribution < -0.4 is 0 Å². The van der Waals surface area contributed by atoms with Crippen molar-refractivity contribution in [2.24, 2.45) is 0 Å². The van der Waals surface area contributed by atoms with Gasteiger partial charge >= 0.3 is 0 Å². The molecule has 0 N–H and O–H groups in total. The summed E-state index contributed by atoms with van der Waals surface area (Å²) >= 11 is 5.26. The minimum absolute atomic E-state index is 0.774. The Bertz CT molecular complexity index is 1230. The Labute approximate surface area is 150 Å². The Morgan fingerprint density at radius 2 is 1.67 bits per heavy atom. The van der Waals surface area contributed by atoms with Gasteiger partial charge in [0.15, 0.2) is 5.82 Å². The summed E-state index contributed by atoms with van der Waals surface area (Å²) in [6.45, 7) is 0. The predicted octanol–water partition coefficient (Wildman–Crippen LogP) is 6.43. The standard InChI is InChI=1S/C20H11BrN2S/c21-15-8-7-12-9-14(6-5-13(12)10-15)20-22-11-18-19(23-20)16-3-1-2-4-17(16)24-18/h1-11H. The molecule has 5 rings (SSSR count). The lowest BCUT2D eigenvalue weighted by Gasteiger charge is -2.04. The van der Waals surface area contributed by atoms with Crippen LogP contribution >= 0.6 is 27.3 Å². The highest BCUT2D eigenvalue weighted by Gasteiger charge is 2.09. The molecule has 3 aromatic carbocycles. The fraction of sp³-hybridized carbons (Fsp3) is 0. The minimum atomic E-state index is 0.774. The zero-order chi connectivity index (χ0) is 16.1. The van der Waals surface area contributed by atoms with Crippen molar-refractivity contribution in [3.8, 4) is 11.4 Å². The molecule has 5 aromatic rings. The summed E-state index contributed by atoms with van der Waals surface area (Å²) in [5.41, 5.74) is 2.08. The Hall–Kier alpha value is -2.30. The van der Waals surface area contributed by atoms with Crippen LogP contribution in [0.25, 0.3) is 42.5 Å². The molecule has 0 spiro atoms. The van der Waals surface area contributed by atoms with Crippen molar-refractivity contribution in [3.63, 3.8) is 0 Å². The van der Waals surface area contributed by atoms with E-state index in [0.717, 1.165) is 26.1 Å². The molecule has 0 atom stereocenters. The lowest BCUT2D eigenvalue weighted by Crippen LogP contribution is -1.88. The topological polar surface area (TPSA) is 25.8 Å². The van der Waals surface area contributed by atoms with Crippen LogP contribution in [-0.4, -0.2) is 9.97 Å². The first-order valence-corrected chi connectivity index (χ1v) is 9.23. The summed E-state index contributed by atoms with van der Waals surface area (Å²) in [7, 11) is 0. The first-order valence-electron chi connectivity index (χ1n) is 7.62. The summed E-state index contributed by atoms with van der Waals surface area (Å²) in [5.74, 6) is 0.774. The highest BCUT2D eigenvalue weighted by atomic mass is 79.9. The van der Waals surface area contributed by atoms with Gasteiger partial charge in [-0.2, -0.15) is 0 Å². The second kappa shape index (κ2) is 5.36. The Balaban J connectivity index is 1.73. The Morgan fingerprint density at radius 1 is 0.833 bits per heavy atom. The highest BCUT2D eigenvalue weighted by Crippen LogP contribution is 2.33. The van der Waals surface area contributed by atoms with E-state index in [0.29, 0.717) is 0 Å². The van der Waals surface area contributed by atoms with E-state index in [1.165, 1.54) is 20.9 Å². The van der Waals surface area contributed by atoms with Crippen molar-refractivity contribution in [2.45, 2.75) is 0 Å². The largest absolute Gasteiger partial charge is 0.235 e. The first kappa shape index (κ1) is 14.1. The van der Waals surface area contributed by atoms with Gasteiger partial charge in [0.05, 0.1) is 10.2 Å². The average Bonchev–Trinajstić information content (AvgIpc) is 2.99. The molecule has 0 amide bonds. The molecule has 0 saturated heterocycles. The van der Waals surface area contributed by atoms with E-state index in [-0.39, 0.29) is 0 Å². The molecule has 0 bridgehead atoms. The molecule has 4 heteroatoms. The van der Waals surface area contributed by atoms with E-state index < -0.39 is 0 Å². The highest BCUT2D eigenvalue weighted by molar-refractivity contribution is 9.10. The van der Waals surface area contributed by atoms with Gasteiger partial charge in [-0.15, -0.1) is 11.3 Å². The number of fused-ring (bicyclic) bond motifs is 4. The summed E-state index contributed by atoms with van der Waals surface area (Å²) in [5, 5.41) is 3.59. The van der Waals surface area contributed by atoms with Crippen LogP contribution in [0.15, 0.2) is 71.3 Å². The molecule has 0 aliphatic heterocycles. The van der Waals surface area contributed by atoms with Crippen molar-refractivity contribution >= 4 is 58.3 Å². The summed E-state index contributed by atoms with van der Waals surface area (Å²) in [6, 6.07) is 21.0. The molecular weight excluding hydrogens is 380 g/mol. The molecule has 0 aliphatic carbocycles. The zero-order valence-corrected chi connectivity index (χ0v) is 14.9. The molecule has 24 heavy (non-hydrogen) atoms. The number of hydrogen-bond acceptors (Lipinski definition) is 3. The van der Waals surface area contributed by atoms with Crippen molar-refractivity contribution in [1.82, 2.24) is 9.97 Å². The molecule has 0 aliphatic rings. The zero-order valence-electron chi connectivity index (χ0n) is 12.5. The smallest absolute Gasteiger partial charge is 0.159 e. The van der Waals surface area contributed by atoms with E-state index in [4.69, 9.17) is 4.98 Å². The quantitative estimate of drug-likeness (QED) is 0.329. The van der Waals surface area contributed by atoms with E-state index in [9.17, 15) is 0 Å². The Kier molecular flexibility index (Phi) is 3.15. The lowest BCUT2D eigenvalue weighted by atomic mass is 10.1. The summed E-state index contributed by atoms with van der Waals surface area (Å²) < 4.78 is 3.47. The van der Waals surface area contributed by atoms with Crippen LogP contribution in [0.4, 0.5) is 0 Å². The lowest BCUT2D eigenvalue weighted by molar-refractivity contribution is 1.24. The number of rotatable bonds is 1. The molecule has 2 aromatic heterocycles. The monoisotopic (exact) mass is 390 g/mol. The third kappa shape index (κ3) is 2.22. The number of thiophene rings is 1. The Morgan fingerprint density at radius 3 is 2.62 bits per heavy atom. The number of nitrogens with zero attached hydrogens (tertiary/aromatic N) is 2. The van der Waals surface area contributed by atoms with E-state index in [2.05, 4.69) is 81.6 Å². The van der Waals surface area contributed by atoms with Crippen LogP contribution in [0.1, 0.15) is 0 Å². The molecule has 0 unspecified atom stereocenters. The molecule has 0 radical (unpaired) electrons. The maximum atomic E-state index is 4.85. The van der Waals surface area contributed by atoms with Crippen molar-refractivity contribution < 1.29 is 0 Å². The van der Waals surface area contributed by atoms with Crippen LogP contribution in [-0.2, 0) is 0 Å². The summed E-state index contributed by atoms with van der Waals surface area (Å²) in [4.78, 5) is 9.43. The van der Waals surface area contributed by atoms with Crippen LogP contribution in [0, 0.1) is 0 Å². The molecule has 0 saturated carbocycles. The van der Waals surface area contributed by atoms with E-state index in [1.807, 2.05) is 6.20 Å². The molecule has 2 nitrogen and oxygen atoms in total. The number of aromatic nitrogens is 2. The van der Waals surface area contributed by atoms with Crippen molar-refractivity contribution in [1.29, 1.82) is 0 Å². The molecular formula is C20H11BrN2S. The van der Waals surface area contributed by atoms with Gasteiger partial charge < -0.3 is 0 Å². The van der Waals surface area contributed by atoms with Crippen LogP contribution in [0.5, 0.6) is 0 Å². The predicted molar refractivity (Wildman–Crippen MR) is 106 cm³/mol. The maximum absolute atomic E-state index is 4.85. The van der Waals surface area contributed by atoms with Gasteiger partial charge in [-0.3, -0.25) is 0 Å². The number of benzene rings is 3. The molecule has 2 heterocycles. The molecule has 0 fully saturated rings. The van der Waals surface area contributed by atoms with E-state index >= 15 is 0 Å². The third-order valence-corrected chi connectivity index (χ3v) is 5.77. The van der Waals surface area contributed by atoms with Crippen LogP contribution in [0.3, 0.4) is 0 Å². The number of halogens is 1. The van der Waals surface area contributed by atoms with Gasteiger partial charge in [-0.1, -0.05) is 52.3 Å². The second-order valence-corrected chi connectivity index (χ2v) is 7.71. The van der Waals surface area contributed by atoms with Crippen molar-refractivity contribution in [2.75, 3.05) is 0 Å². The first-order chi connectivity index (χ1) is 11.8. The van der Waals surface area contributed by atoms with Gasteiger partial charge in [-0.25, -0.2) is 9.97 Å². The van der Waals surface area contributed by atoms with Gasteiger partial charge in [0, 0.05) is 26.3 Å². The normalized spacial score (nSPS) is 11.5. The fourth-order valence-corrected chi connectivity index (χ4v) is 4.40. The van der Waals surface area contributed by atoms with E-state index in [1.54, 1.807) is 11.3 Å². The van der Waals surface area contributed by atoms with Crippen molar-refractivity contribution in [3.05, 3.63) is 71.3 Å². The van der Waals surface area contributed by atoms with Gasteiger partial charge in [0.2, 0.25) is 0 Å². The van der Waals surface area contributed by atoms with Gasteiger partial charge in [0.25, 0.3) is 0 Å².